The third kappa shape index (κ3) is 3.49. The van der Waals surface area contributed by atoms with Crippen LogP contribution < -0.4 is 20.1 Å². The van der Waals surface area contributed by atoms with Crippen molar-refractivity contribution in [2.24, 2.45) is 0 Å². The van der Waals surface area contributed by atoms with Crippen LogP contribution in [0.2, 0.25) is 0 Å². The molecule has 0 radical (unpaired) electrons. The molecule has 0 bridgehead atoms. The molecule has 2 amide bonds. The number of carbonyl (C=O) groups is 2. The van der Waals surface area contributed by atoms with E-state index in [2.05, 4.69) is 10.6 Å². The summed E-state index contributed by atoms with van der Waals surface area (Å²) in [4.78, 5) is 25.8. The summed E-state index contributed by atoms with van der Waals surface area (Å²) in [5.41, 5.74) is 0.821. The first kappa shape index (κ1) is 19.6. The van der Waals surface area contributed by atoms with Gasteiger partial charge in [0.1, 0.15) is 11.3 Å². The number of benzene rings is 3. The maximum absolute atomic E-state index is 13.5. The number of ether oxygens (including phenoxy) is 2. The molecule has 0 spiro atoms. The van der Waals surface area contributed by atoms with Crippen molar-refractivity contribution in [2.75, 3.05) is 17.4 Å². The summed E-state index contributed by atoms with van der Waals surface area (Å²) >= 11 is 0. The largest absolute Gasteiger partial charge is 0.454 e. The fourth-order valence-corrected chi connectivity index (χ4v) is 3.31. The zero-order valence-corrected chi connectivity index (χ0v) is 16.3. The minimum absolute atomic E-state index is 0.0300. The number of rotatable bonds is 4. The predicted molar refractivity (Wildman–Crippen MR) is 111 cm³/mol. The highest BCUT2D eigenvalue weighted by Gasteiger charge is 2.24. The zero-order chi connectivity index (χ0) is 22.2. The first-order chi connectivity index (χ1) is 15.5. The minimum atomic E-state index is -1.11. The quantitative estimate of drug-likeness (QED) is 0.473. The lowest BCUT2D eigenvalue weighted by Crippen LogP contribution is -2.17. The Balaban J connectivity index is 1.48. The maximum Gasteiger partial charge on any atom is 0.293 e. The second-order valence-electron chi connectivity index (χ2n) is 6.91. The molecule has 1 aliphatic rings. The SMILES string of the molecule is O=C(Nc1c(C(=O)Nc2ccc(F)c(F)c2)oc2ccccc12)c1ccc2c(c1)OCO2. The van der Waals surface area contributed by atoms with Crippen LogP contribution in [-0.2, 0) is 0 Å². The number of hydrogen-bond acceptors (Lipinski definition) is 5. The van der Waals surface area contributed by atoms with E-state index < -0.39 is 23.4 Å². The number of furan rings is 1. The van der Waals surface area contributed by atoms with Crippen LogP contribution in [0.5, 0.6) is 11.5 Å². The Labute approximate surface area is 179 Å². The van der Waals surface area contributed by atoms with Gasteiger partial charge in [0.25, 0.3) is 11.8 Å². The molecule has 32 heavy (non-hydrogen) atoms. The van der Waals surface area contributed by atoms with Gasteiger partial charge in [0.15, 0.2) is 23.1 Å². The van der Waals surface area contributed by atoms with E-state index in [1.165, 1.54) is 12.1 Å². The van der Waals surface area contributed by atoms with Crippen LogP contribution >= 0.6 is 0 Å². The molecule has 1 aliphatic heterocycles. The fraction of sp³-hybridized carbons (Fsp3) is 0.0435. The van der Waals surface area contributed by atoms with Crippen molar-refractivity contribution < 1.29 is 32.3 Å². The molecule has 5 rings (SSSR count). The first-order valence-electron chi connectivity index (χ1n) is 9.48. The van der Waals surface area contributed by atoms with Crippen molar-refractivity contribution >= 4 is 34.2 Å². The highest BCUT2D eigenvalue weighted by molar-refractivity contribution is 6.17. The van der Waals surface area contributed by atoms with Gasteiger partial charge in [-0.2, -0.15) is 0 Å². The molecule has 0 fully saturated rings. The third-order valence-electron chi connectivity index (χ3n) is 4.85. The monoisotopic (exact) mass is 436 g/mol. The third-order valence-corrected chi connectivity index (χ3v) is 4.85. The summed E-state index contributed by atoms with van der Waals surface area (Å²) in [6, 6.07) is 14.4. The van der Waals surface area contributed by atoms with Gasteiger partial charge in [-0.25, -0.2) is 8.78 Å². The lowest BCUT2D eigenvalue weighted by molar-refractivity contribution is 0.0999. The number of amides is 2. The van der Waals surface area contributed by atoms with Crippen LogP contribution in [0.4, 0.5) is 20.2 Å². The normalized spacial score (nSPS) is 12.1. The Morgan fingerprint density at radius 2 is 1.62 bits per heavy atom. The summed E-state index contributed by atoms with van der Waals surface area (Å²) in [5, 5.41) is 5.65. The second-order valence-corrected chi connectivity index (χ2v) is 6.91. The number of halogens is 2. The number of carbonyl (C=O) groups excluding carboxylic acids is 2. The van der Waals surface area contributed by atoms with Crippen LogP contribution in [0.3, 0.4) is 0 Å². The van der Waals surface area contributed by atoms with Crippen LogP contribution in [-0.4, -0.2) is 18.6 Å². The molecule has 0 aliphatic carbocycles. The Hall–Kier alpha value is -4.40. The minimum Gasteiger partial charge on any atom is -0.454 e. The predicted octanol–water partition coefficient (Wildman–Crippen LogP) is 4.94. The molecule has 7 nitrogen and oxygen atoms in total. The number of para-hydroxylation sites is 1. The summed E-state index contributed by atoms with van der Waals surface area (Å²) in [5.74, 6) is -2.62. The molecule has 4 aromatic rings. The molecular formula is C23H14F2N2O5. The maximum atomic E-state index is 13.5. The van der Waals surface area contributed by atoms with Crippen molar-refractivity contribution in [3.63, 3.8) is 0 Å². The van der Waals surface area contributed by atoms with Crippen molar-refractivity contribution in [1.29, 1.82) is 0 Å². The number of nitrogens with one attached hydrogen (secondary N) is 2. The Morgan fingerprint density at radius 1 is 0.812 bits per heavy atom. The van der Waals surface area contributed by atoms with E-state index in [1.54, 1.807) is 36.4 Å². The van der Waals surface area contributed by atoms with Gasteiger partial charge < -0.3 is 24.5 Å². The lowest BCUT2D eigenvalue weighted by Gasteiger charge is -2.08. The van der Waals surface area contributed by atoms with Crippen LogP contribution in [0.15, 0.2) is 65.1 Å². The molecule has 0 atom stereocenters. The molecule has 3 aromatic carbocycles. The summed E-state index contributed by atoms with van der Waals surface area (Å²) in [6.07, 6.45) is 0. The van der Waals surface area contributed by atoms with E-state index in [9.17, 15) is 18.4 Å². The molecule has 160 valence electrons. The van der Waals surface area contributed by atoms with Gasteiger partial charge in [-0.05, 0) is 42.5 Å². The average molecular weight is 436 g/mol. The van der Waals surface area contributed by atoms with E-state index in [-0.39, 0.29) is 29.5 Å². The van der Waals surface area contributed by atoms with E-state index in [1.807, 2.05) is 0 Å². The van der Waals surface area contributed by atoms with E-state index in [0.717, 1.165) is 12.1 Å². The molecule has 2 heterocycles. The molecule has 1 aromatic heterocycles. The summed E-state index contributed by atoms with van der Waals surface area (Å²) in [7, 11) is 0. The molecule has 9 heteroatoms. The van der Waals surface area contributed by atoms with Gasteiger partial charge in [-0.3, -0.25) is 9.59 Å². The van der Waals surface area contributed by atoms with Crippen molar-refractivity contribution in [2.45, 2.75) is 0 Å². The zero-order valence-electron chi connectivity index (χ0n) is 16.3. The van der Waals surface area contributed by atoms with Crippen LogP contribution in [0.25, 0.3) is 11.0 Å². The lowest BCUT2D eigenvalue weighted by atomic mass is 10.1. The van der Waals surface area contributed by atoms with Gasteiger partial charge >= 0.3 is 0 Å². The van der Waals surface area contributed by atoms with E-state index in [0.29, 0.717) is 22.5 Å². The molecule has 0 unspecified atom stereocenters. The van der Waals surface area contributed by atoms with Crippen molar-refractivity contribution in [3.05, 3.63) is 83.6 Å². The highest BCUT2D eigenvalue weighted by atomic mass is 19.2. The fourth-order valence-electron chi connectivity index (χ4n) is 3.31. The van der Waals surface area contributed by atoms with E-state index >= 15 is 0 Å². The Bertz CT molecular complexity index is 1380. The summed E-state index contributed by atoms with van der Waals surface area (Å²) < 4.78 is 42.9. The van der Waals surface area contributed by atoms with E-state index in [4.69, 9.17) is 13.9 Å². The van der Waals surface area contributed by atoms with Gasteiger partial charge in [-0.1, -0.05) is 12.1 Å². The first-order valence-corrected chi connectivity index (χ1v) is 9.48. The summed E-state index contributed by atoms with van der Waals surface area (Å²) in [6.45, 7) is 0.0705. The van der Waals surface area contributed by atoms with Gasteiger partial charge in [0.05, 0.1) is 0 Å². The molecule has 2 N–H and O–H groups in total. The average Bonchev–Trinajstić information content (AvgIpc) is 3.40. The molecule has 0 saturated carbocycles. The molecular weight excluding hydrogens is 422 g/mol. The topological polar surface area (TPSA) is 89.8 Å². The van der Waals surface area contributed by atoms with Gasteiger partial charge in [0, 0.05) is 22.7 Å². The smallest absolute Gasteiger partial charge is 0.293 e. The van der Waals surface area contributed by atoms with Crippen LogP contribution in [0.1, 0.15) is 20.9 Å². The Morgan fingerprint density at radius 3 is 2.47 bits per heavy atom. The van der Waals surface area contributed by atoms with Crippen LogP contribution in [0, 0.1) is 11.6 Å². The Kier molecular flexibility index (Phi) is 4.70. The number of anilines is 2. The van der Waals surface area contributed by atoms with Gasteiger partial charge in [0.2, 0.25) is 12.6 Å². The second kappa shape index (κ2) is 7.69. The number of hydrogen-bond donors (Lipinski definition) is 2. The van der Waals surface area contributed by atoms with Crippen molar-refractivity contribution in [1.82, 2.24) is 0 Å². The standard InChI is InChI=1S/C23H14F2N2O5/c24-15-7-6-13(10-16(15)25)26-23(29)21-20(14-3-1-2-4-17(14)32-21)27-22(28)12-5-8-18-19(9-12)31-11-30-18/h1-10H,11H2,(H,26,29)(H,27,28). The number of fused-ring (bicyclic) bond motifs is 2. The highest BCUT2D eigenvalue weighted by Crippen LogP contribution is 2.34. The molecule has 0 saturated heterocycles. The van der Waals surface area contributed by atoms with Crippen molar-refractivity contribution in [3.8, 4) is 11.5 Å². The van der Waals surface area contributed by atoms with Gasteiger partial charge in [-0.15, -0.1) is 0 Å².